The van der Waals surface area contributed by atoms with E-state index in [1.165, 1.54) is 17.5 Å². The number of allylic oxidation sites excluding steroid dienone is 2. The molecule has 2 unspecified atom stereocenters. The molecule has 0 spiro atoms. The minimum atomic E-state index is -1.44. The van der Waals surface area contributed by atoms with E-state index in [9.17, 15) is 0 Å². The second-order valence-electron chi connectivity index (χ2n) is 6.04. The van der Waals surface area contributed by atoms with Crippen LogP contribution in [0.15, 0.2) is 60.7 Å². The van der Waals surface area contributed by atoms with Gasteiger partial charge in [0.05, 0.1) is 0 Å². The Hall–Kier alpha value is -1.50. The van der Waals surface area contributed by atoms with E-state index >= 15 is 0 Å². The molecule has 2 atom stereocenters. The van der Waals surface area contributed by atoms with Gasteiger partial charge < -0.3 is 0 Å². The summed E-state index contributed by atoms with van der Waals surface area (Å²) in [5.41, 5.74) is 5.97. The molecule has 4 rings (SSSR count). The van der Waals surface area contributed by atoms with Gasteiger partial charge in [-0.05, 0) is 0 Å². The van der Waals surface area contributed by atoms with Gasteiger partial charge in [0, 0.05) is 0 Å². The summed E-state index contributed by atoms with van der Waals surface area (Å²) >= 11 is -1.44. The van der Waals surface area contributed by atoms with E-state index in [-0.39, 0.29) is 0 Å². The third-order valence-electron chi connectivity index (χ3n) is 4.76. The van der Waals surface area contributed by atoms with Crippen LogP contribution >= 0.6 is 0 Å². The minimum absolute atomic E-state index is 0.664. The van der Waals surface area contributed by atoms with E-state index in [4.69, 9.17) is 0 Å². The second kappa shape index (κ2) is 5.95. The molecule has 1 heteroatoms. The molecular formula is C21H20Ti. The molecule has 0 bridgehead atoms. The van der Waals surface area contributed by atoms with Gasteiger partial charge in [0.2, 0.25) is 0 Å². The van der Waals surface area contributed by atoms with Gasteiger partial charge in [-0.1, -0.05) is 0 Å². The number of fused-ring (bicyclic) bond motifs is 2. The Bertz CT molecular complexity index is 732. The zero-order valence-corrected chi connectivity index (χ0v) is 14.4. The standard InChI is InChI=1S/2C9H7.C3H6.Ti/c2*1-2-5-9-7-3-6-8(9)4-1;1-3-2;/h2*1-7H;1H,3H2,2H3;. The van der Waals surface area contributed by atoms with Crippen molar-refractivity contribution in [3.63, 3.8) is 0 Å². The second-order valence-corrected chi connectivity index (χ2v) is 10.2. The molecule has 0 N–H and O–H groups in total. The van der Waals surface area contributed by atoms with Crippen LogP contribution in [-0.4, -0.2) is 4.31 Å². The van der Waals surface area contributed by atoms with Crippen molar-refractivity contribution in [1.82, 2.24) is 0 Å². The van der Waals surface area contributed by atoms with Gasteiger partial charge >= 0.3 is 139 Å². The number of hydrogen-bond donors (Lipinski definition) is 0. The normalized spacial score (nSPS) is 20.8. The molecule has 2 aliphatic rings. The topological polar surface area (TPSA) is 0 Å². The molecule has 2 aliphatic carbocycles. The van der Waals surface area contributed by atoms with Gasteiger partial charge in [-0.3, -0.25) is 0 Å². The van der Waals surface area contributed by atoms with E-state index in [0.717, 1.165) is 0 Å². The molecule has 0 saturated carbocycles. The first-order chi connectivity index (χ1) is 10.9. The van der Waals surface area contributed by atoms with Crippen LogP contribution in [0.3, 0.4) is 0 Å². The van der Waals surface area contributed by atoms with E-state index in [1.807, 2.05) is 0 Å². The van der Waals surface area contributed by atoms with Crippen LogP contribution < -0.4 is 0 Å². The van der Waals surface area contributed by atoms with Crippen LogP contribution in [-0.2, 0) is 17.4 Å². The summed E-state index contributed by atoms with van der Waals surface area (Å²) in [6.45, 7) is 2.29. The van der Waals surface area contributed by atoms with Crippen LogP contribution in [0.25, 0.3) is 12.2 Å². The molecule has 0 fully saturated rings. The molecule has 0 aromatic heterocycles. The Balaban J connectivity index is 1.78. The fraction of sp³-hybridized carbons (Fsp3) is 0.190. The Labute approximate surface area is 138 Å². The SMILES string of the molecule is CC[CH]=[Ti]([CH]1C=Cc2ccccc21)[CH]1C=Cc2ccccc21. The molecule has 0 nitrogen and oxygen atoms in total. The van der Waals surface area contributed by atoms with Gasteiger partial charge in [-0.15, -0.1) is 0 Å². The summed E-state index contributed by atoms with van der Waals surface area (Å²) in [5.74, 6) is 0. The van der Waals surface area contributed by atoms with E-state index < -0.39 is 17.4 Å². The Morgan fingerprint density at radius 1 is 0.818 bits per heavy atom. The summed E-state index contributed by atoms with van der Waals surface area (Å²) in [6.07, 6.45) is 10.8. The fourth-order valence-electron chi connectivity index (χ4n) is 3.76. The van der Waals surface area contributed by atoms with Gasteiger partial charge in [-0.2, -0.15) is 0 Å². The summed E-state index contributed by atoms with van der Waals surface area (Å²) in [7, 11) is 0. The maximum absolute atomic E-state index is 2.67. The number of hydrogen-bond acceptors (Lipinski definition) is 0. The molecule has 2 aromatic carbocycles. The summed E-state index contributed by atoms with van der Waals surface area (Å²) in [4.78, 5) is 0. The van der Waals surface area contributed by atoms with Crippen LogP contribution in [0, 0.1) is 0 Å². The fourth-order valence-corrected chi connectivity index (χ4v) is 8.83. The molecule has 0 aliphatic heterocycles. The Kier molecular flexibility index (Phi) is 3.82. The number of rotatable bonds is 3. The molecular weight excluding hydrogens is 300 g/mol. The van der Waals surface area contributed by atoms with Crippen molar-refractivity contribution >= 4 is 16.5 Å². The van der Waals surface area contributed by atoms with Crippen molar-refractivity contribution in [3.05, 3.63) is 82.9 Å². The predicted octanol–water partition coefficient (Wildman–Crippen LogP) is 5.35. The van der Waals surface area contributed by atoms with E-state index in [1.54, 1.807) is 11.1 Å². The van der Waals surface area contributed by atoms with Gasteiger partial charge in [0.1, 0.15) is 0 Å². The van der Waals surface area contributed by atoms with E-state index in [2.05, 4.69) is 84.1 Å². The van der Waals surface area contributed by atoms with E-state index in [0.29, 0.717) is 8.45 Å². The first kappa shape index (κ1) is 14.1. The molecule has 0 amide bonds. The van der Waals surface area contributed by atoms with Gasteiger partial charge in [0.15, 0.2) is 0 Å². The average molecular weight is 320 g/mol. The molecule has 22 heavy (non-hydrogen) atoms. The molecule has 0 heterocycles. The molecule has 0 radical (unpaired) electrons. The maximum atomic E-state index is 2.67. The van der Waals surface area contributed by atoms with Crippen LogP contribution in [0.1, 0.15) is 44.0 Å². The summed E-state index contributed by atoms with van der Waals surface area (Å²) in [6, 6.07) is 17.9. The van der Waals surface area contributed by atoms with Crippen molar-refractivity contribution in [3.8, 4) is 0 Å². The van der Waals surface area contributed by atoms with Gasteiger partial charge in [0.25, 0.3) is 0 Å². The van der Waals surface area contributed by atoms with Crippen LogP contribution in [0.4, 0.5) is 0 Å². The van der Waals surface area contributed by atoms with Crippen molar-refractivity contribution < 1.29 is 17.4 Å². The van der Waals surface area contributed by atoms with Crippen molar-refractivity contribution in [2.75, 3.05) is 0 Å². The van der Waals surface area contributed by atoms with Crippen LogP contribution in [0.5, 0.6) is 0 Å². The molecule has 2 aromatic rings. The third kappa shape index (κ3) is 2.31. The van der Waals surface area contributed by atoms with Crippen molar-refractivity contribution in [1.29, 1.82) is 0 Å². The average Bonchev–Trinajstić information content (AvgIpc) is 3.17. The van der Waals surface area contributed by atoms with Crippen molar-refractivity contribution in [2.24, 2.45) is 0 Å². The molecule has 0 saturated heterocycles. The third-order valence-corrected chi connectivity index (χ3v) is 9.95. The monoisotopic (exact) mass is 320 g/mol. The zero-order chi connectivity index (χ0) is 14.9. The summed E-state index contributed by atoms with van der Waals surface area (Å²) < 4.78 is 4.00. The quantitative estimate of drug-likeness (QED) is 0.669. The Morgan fingerprint density at radius 3 is 1.82 bits per heavy atom. The number of benzene rings is 2. The summed E-state index contributed by atoms with van der Waals surface area (Å²) in [5, 5.41) is 0. The van der Waals surface area contributed by atoms with Gasteiger partial charge in [-0.25, -0.2) is 0 Å². The predicted molar refractivity (Wildman–Crippen MR) is 92.8 cm³/mol. The van der Waals surface area contributed by atoms with Crippen LogP contribution in [0.2, 0.25) is 0 Å². The first-order valence-electron chi connectivity index (χ1n) is 8.12. The van der Waals surface area contributed by atoms with Crippen molar-refractivity contribution in [2.45, 2.75) is 21.8 Å². The molecule has 108 valence electrons. The first-order valence-corrected chi connectivity index (χ1v) is 10.8. The zero-order valence-electron chi connectivity index (χ0n) is 12.9. The Morgan fingerprint density at radius 2 is 1.32 bits per heavy atom.